The minimum Gasteiger partial charge on any atom is -0.380 e. The number of benzene rings is 1. The number of ether oxygens (including phenoxy) is 1. The lowest BCUT2D eigenvalue weighted by Crippen LogP contribution is -2.11. The summed E-state index contributed by atoms with van der Waals surface area (Å²) in [6.07, 6.45) is 0. The molecule has 0 unspecified atom stereocenters. The first kappa shape index (κ1) is 16.0. The van der Waals surface area contributed by atoms with Gasteiger partial charge in [-0.1, -0.05) is 12.1 Å². The third-order valence-corrected chi connectivity index (χ3v) is 6.05. The highest BCUT2D eigenvalue weighted by atomic mass is 32.2. The van der Waals surface area contributed by atoms with Gasteiger partial charge >= 0.3 is 0 Å². The Morgan fingerprint density at radius 2 is 2.10 bits per heavy atom. The van der Waals surface area contributed by atoms with E-state index in [2.05, 4.69) is 4.72 Å². The van der Waals surface area contributed by atoms with Crippen molar-refractivity contribution < 1.29 is 13.2 Å². The van der Waals surface area contributed by atoms with Crippen LogP contribution in [0.15, 0.2) is 34.5 Å². The van der Waals surface area contributed by atoms with Gasteiger partial charge in [-0.15, -0.1) is 11.3 Å². The highest BCUT2D eigenvalue weighted by molar-refractivity contribution is 7.94. The SMILES string of the molecule is COCc1cccc(NS(=O)(=O)c2cc(C)c(CN)s2)c1. The predicted molar refractivity (Wildman–Crippen MR) is 84.9 cm³/mol. The number of hydrogen-bond acceptors (Lipinski definition) is 5. The summed E-state index contributed by atoms with van der Waals surface area (Å²) in [4.78, 5) is 0.878. The number of methoxy groups -OCH3 is 1. The molecule has 0 aliphatic heterocycles. The molecule has 0 fully saturated rings. The van der Waals surface area contributed by atoms with E-state index in [0.29, 0.717) is 18.8 Å². The second kappa shape index (κ2) is 6.57. The van der Waals surface area contributed by atoms with Crippen LogP contribution in [0.4, 0.5) is 5.69 Å². The number of aryl methyl sites for hydroxylation is 1. The average Bonchev–Trinajstić information content (AvgIpc) is 2.81. The van der Waals surface area contributed by atoms with Gasteiger partial charge in [-0.25, -0.2) is 8.42 Å². The molecule has 2 aromatic rings. The number of rotatable bonds is 6. The van der Waals surface area contributed by atoms with Crippen molar-refractivity contribution in [3.8, 4) is 0 Å². The quantitative estimate of drug-likeness (QED) is 0.854. The molecule has 0 amide bonds. The van der Waals surface area contributed by atoms with Crippen LogP contribution in [0.5, 0.6) is 0 Å². The summed E-state index contributed by atoms with van der Waals surface area (Å²) >= 11 is 1.20. The molecule has 3 N–H and O–H groups in total. The zero-order valence-electron chi connectivity index (χ0n) is 11.9. The number of thiophene rings is 1. The second-order valence-corrected chi connectivity index (χ2v) is 7.66. The van der Waals surface area contributed by atoms with Gasteiger partial charge in [0.25, 0.3) is 10.0 Å². The number of hydrogen-bond donors (Lipinski definition) is 2. The second-order valence-electron chi connectivity index (χ2n) is 4.61. The summed E-state index contributed by atoms with van der Waals surface area (Å²) in [6.45, 7) is 2.64. The summed E-state index contributed by atoms with van der Waals surface area (Å²) in [6, 6.07) is 8.78. The Kier molecular flexibility index (Phi) is 5.00. The lowest BCUT2D eigenvalue weighted by molar-refractivity contribution is 0.185. The Bertz CT molecular complexity index is 724. The summed E-state index contributed by atoms with van der Waals surface area (Å²) in [5.41, 5.74) is 7.92. The molecular formula is C14H18N2O3S2. The van der Waals surface area contributed by atoms with Crippen molar-refractivity contribution in [2.75, 3.05) is 11.8 Å². The molecule has 0 spiro atoms. The highest BCUT2D eigenvalue weighted by Gasteiger charge is 2.18. The highest BCUT2D eigenvalue weighted by Crippen LogP contribution is 2.27. The van der Waals surface area contributed by atoms with Gasteiger partial charge in [0.15, 0.2) is 0 Å². The molecule has 1 aromatic carbocycles. The maximum absolute atomic E-state index is 12.4. The number of anilines is 1. The molecule has 1 aromatic heterocycles. The Morgan fingerprint density at radius 1 is 1.33 bits per heavy atom. The molecule has 0 aliphatic carbocycles. The van der Waals surface area contributed by atoms with Crippen LogP contribution in [0.25, 0.3) is 0 Å². The molecule has 2 rings (SSSR count). The Balaban J connectivity index is 2.26. The van der Waals surface area contributed by atoms with E-state index in [1.165, 1.54) is 11.3 Å². The summed E-state index contributed by atoms with van der Waals surface area (Å²) in [7, 11) is -1.99. The van der Waals surface area contributed by atoms with Gasteiger partial charge in [0, 0.05) is 24.2 Å². The van der Waals surface area contributed by atoms with Gasteiger partial charge in [-0.2, -0.15) is 0 Å². The monoisotopic (exact) mass is 326 g/mol. The van der Waals surface area contributed by atoms with Crippen LogP contribution in [-0.2, 0) is 27.9 Å². The van der Waals surface area contributed by atoms with Gasteiger partial charge in [0.1, 0.15) is 4.21 Å². The number of nitrogens with one attached hydrogen (secondary N) is 1. The molecule has 0 atom stereocenters. The van der Waals surface area contributed by atoms with Crippen molar-refractivity contribution in [2.24, 2.45) is 5.73 Å². The summed E-state index contributed by atoms with van der Waals surface area (Å²) < 4.78 is 32.7. The largest absolute Gasteiger partial charge is 0.380 e. The van der Waals surface area contributed by atoms with E-state index in [0.717, 1.165) is 16.0 Å². The molecule has 5 nitrogen and oxygen atoms in total. The van der Waals surface area contributed by atoms with Gasteiger partial charge in [0.05, 0.1) is 6.61 Å². The van der Waals surface area contributed by atoms with Crippen molar-refractivity contribution >= 4 is 27.0 Å². The lowest BCUT2D eigenvalue weighted by Gasteiger charge is -2.08. The van der Waals surface area contributed by atoms with Crippen LogP contribution in [0.1, 0.15) is 16.0 Å². The maximum atomic E-state index is 12.4. The molecule has 0 saturated carbocycles. The molecule has 1 heterocycles. The predicted octanol–water partition coefficient (Wildman–Crippen LogP) is 2.46. The summed E-state index contributed by atoms with van der Waals surface area (Å²) in [5, 5.41) is 0. The van der Waals surface area contributed by atoms with Crippen molar-refractivity contribution in [3.63, 3.8) is 0 Å². The molecule has 7 heteroatoms. The minimum absolute atomic E-state index is 0.276. The zero-order valence-corrected chi connectivity index (χ0v) is 13.6. The van der Waals surface area contributed by atoms with E-state index in [-0.39, 0.29) is 4.21 Å². The van der Waals surface area contributed by atoms with Crippen molar-refractivity contribution in [2.45, 2.75) is 24.3 Å². The molecule has 0 saturated heterocycles. The first-order valence-corrected chi connectivity index (χ1v) is 8.66. The van der Waals surface area contributed by atoms with E-state index in [1.807, 2.05) is 13.0 Å². The summed E-state index contributed by atoms with van der Waals surface area (Å²) in [5.74, 6) is 0. The van der Waals surface area contributed by atoms with E-state index in [4.69, 9.17) is 10.5 Å². The van der Waals surface area contributed by atoms with Crippen LogP contribution in [-0.4, -0.2) is 15.5 Å². The fourth-order valence-electron chi connectivity index (χ4n) is 1.92. The fraction of sp³-hybridized carbons (Fsp3) is 0.286. The number of sulfonamides is 1. The molecular weight excluding hydrogens is 308 g/mol. The van der Waals surface area contributed by atoms with E-state index in [1.54, 1.807) is 31.4 Å². The van der Waals surface area contributed by atoms with Gasteiger partial charge < -0.3 is 10.5 Å². The number of nitrogens with two attached hydrogens (primary N) is 1. The maximum Gasteiger partial charge on any atom is 0.271 e. The smallest absolute Gasteiger partial charge is 0.271 e. The van der Waals surface area contributed by atoms with Gasteiger partial charge in [-0.05, 0) is 36.2 Å². The van der Waals surface area contributed by atoms with Gasteiger partial charge in [-0.3, -0.25) is 4.72 Å². The van der Waals surface area contributed by atoms with E-state index < -0.39 is 10.0 Å². The first-order valence-electron chi connectivity index (χ1n) is 6.36. The Labute approximate surface area is 128 Å². The third kappa shape index (κ3) is 3.82. The molecule has 0 bridgehead atoms. The normalized spacial score (nSPS) is 11.6. The van der Waals surface area contributed by atoms with E-state index in [9.17, 15) is 8.42 Å². The van der Waals surface area contributed by atoms with Gasteiger partial charge in [0.2, 0.25) is 0 Å². The van der Waals surface area contributed by atoms with Crippen LogP contribution >= 0.6 is 11.3 Å². The molecule has 0 aliphatic rings. The standard InChI is InChI=1S/C14H18N2O3S2/c1-10-6-14(20-13(10)8-15)21(17,18)16-12-5-3-4-11(7-12)9-19-2/h3-7,16H,8-9,15H2,1-2H3. The fourth-order valence-corrected chi connectivity index (χ4v) is 4.44. The minimum atomic E-state index is -3.58. The third-order valence-electron chi connectivity index (χ3n) is 2.94. The Hall–Kier alpha value is -1.41. The Morgan fingerprint density at radius 3 is 2.71 bits per heavy atom. The van der Waals surface area contributed by atoms with Crippen LogP contribution in [0, 0.1) is 6.92 Å². The van der Waals surface area contributed by atoms with E-state index >= 15 is 0 Å². The zero-order chi connectivity index (χ0) is 15.5. The lowest BCUT2D eigenvalue weighted by atomic mass is 10.2. The van der Waals surface area contributed by atoms with Crippen LogP contribution < -0.4 is 10.5 Å². The average molecular weight is 326 g/mol. The first-order chi connectivity index (χ1) is 9.96. The van der Waals surface area contributed by atoms with Crippen molar-refractivity contribution in [1.82, 2.24) is 0 Å². The molecule has 114 valence electrons. The topological polar surface area (TPSA) is 81.4 Å². The molecule has 0 radical (unpaired) electrons. The van der Waals surface area contributed by atoms with Crippen molar-refractivity contribution in [1.29, 1.82) is 0 Å². The van der Waals surface area contributed by atoms with Crippen LogP contribution in [0.3, 0.4) is 0 Å². The molecule has 21 heavy (non-hydrogen) atoms. The van der Waals surface area contributed by atoms with Crippen molar-refractivity contribution in [3.05, 3.63) is 46.3 Å². The van der Waals surface area contributed by atoms with Crippen LogP contribution in [0.2, 0.25) is 0 Å².